The van der Waals surface area contributed by atoms with Gasteiger partial charge in [0.1, 0.15) is 0 Å². The monoisotopic (exact) mass is 293 g/mol. The van der Waals surface area contributed by atoms with E-state index in [1.165, 1.54) is 20.0 Å². The second kappa shape index (κ2) is 5.99. The van der Waals surface area contributed by atoms with E-state index in [2.05, 4.69) is 90.1 Å². The Balaban J connectivity index is 2.12. The zero-order valence-corrected chi connectivity index (χ0v) is 15.4. The maximum atomic E-state index is 2.30. The van der Waals surface area contributed by atoms with E-state index in [0.717, 1.165) is 0 Å². The molecule has 0 N–H and O–H groups in total. The normalized spacial score (nSPS) is 12.1. The van der Waals surface area contributed by atoms with Gasteiger partial charge in [0.15, 0.2) is 0 Å². The van der Waals surface area contributed by atoms with E-state index < -0.39 is 0 Å². The van der Waals surface area contributed by atoms with E-state index in [0.29, 0.717) is 0 Å². The van der Waals surface area contributed by atoms with Crippen molar-refractivity contribution in [3.8, 4) is 0 Å². The quantitative estimate of drug-likeness (QED) is 0.736. The molecule has 0 aliphatic heterocycles. The van der Waals surface area contributed by atoms with Crippen LogP contribution in [0, 0.1) is 0 Å². The summed E-state index contributed by atoms with van der Waals surface area (Å²) in [5, 5.41) is 0. The first-order chi connectivity index (χ1) is 9.66. The van der Waals surface area contributed by atoms with Gasteiger partial charge in [-0.05, 0) is 0 Å². The van der Waals surface area contributed by atoms with E-state index in [1.54, 1.807) is 0 Å². The van der Waals surface area contributed by atoms with Gasteiger partial charge in [-0.3, -0.25) is 0 Å². The molecule has 0 fully saturated rings. The minimum atomic E-state index is 0.191. The van der Waals surface area contributed by atoms with Crippen molar-refractivity contribution in [3.05, 3.63) is 59.7 Å². The van der Waals surface area contributed by atoms with Gasteiger partial charge in [0.05, 0.1) is 0 Å². The van der Waals surface area contributed by atoms with Gasteiger partial charge < -0.3 is 0 Å². The molecule has 0 bridgehead atoms. The van der Waals surface area contributed by atoms with Crippen LogP contribution < -0.4 is 8.85 Å². The molecule has 0 nitrogen and oxygen atoms in total. The molecule has 0 heterocycles. The molecule has 0 spiro atoms. The van der Waals surface area contributed by atoms with Crippen LogP contribution in [-0.4, -0.2) is 15.2 Å². The zero-order valence-electron chi connectivity index (χ0n) is 14.2. The Morgan fingerprint density at radius 1 is 0.524 bits per heavy atom. The molecule has 0 amide bonds. The molecule has 1 heteroatoms. The summed E-state index contributed by atoms with van der Waals surface area (Å²) in [6.45, 7) is 13.6. The topological polar surface area (TPSA) is 0 Å². The molecule has 2 aromatic carbocycles. The molecule has 0 unspecified atom stereocenters. The number of benzene rings is 2. The molecule has 0 aromatic heterocycles. The third kappa shape index (κ3) is 4.47. The van der Waals surface area contributed by atoms with Crippen molar-refractivity contribution in [1.82, 2.24) is 0 Å². The van der Waals surface area contributed by atoms with Crippen molar-refractivity contribution < 1.29 is 0 Å². The average molecular weight is 293 g/mol. The standard InChI is InChI=1S/2C10H13.Al/c2*1-10(2,3)9-7-5-4-6-8-9;/h2*5-8H,1-3H3;/q;;+1. The van der Waals surface area contributed by atoms with E-state index in [-0.39, 0.29) is 26.0 Å². The first-order valence-corrected chi connectivity index (χ1v) is 8.87. The minimum absolute atomic E-state index is 0.191. The van der Waals surface area contributed by atoms with Crippen molar-refractivity contribution in [1.29, 1.82) is 0 Å². The summed E-state index contributed by atoms with van der Waals surface area (Å²) in [5.41, 5.74) is 3.30. The van der Waals surface area contributed by atoms with Crippen LogP contribution in [-0.2, 0) is 10.8 Å². The Hall–Kier alpha value is -1.03. The van der Waals surface area contributed by atoms with Crippen LogP contribution in [0.1, 0.15) is 52.7 Å². The predicted octanol–water partition coefficient (Wildman–Crippen LogP) is 3.94. The zero-order chi connectivity index (χ0) is 15.7. The summed E-state index contributed by atoms with van der Waals surface area (Å²) in [6, 6.07) is 18.3. The predicted molar refractivity (Wildman–Crippen MR) is 95.3 cm³/mol. The third-order valence-electron chi connectivity index (χ3n) is 3.89. The molecule has 0 atom stereocenters. The second-order valence-corrected chi connectivity index (χ2v) is 9.51. The molecule has 2 aromatic rings. The maximum absolute atomic E-state index is 2.30. The van der Waals surface area contributed by atoms with E-state index in [4.69, 9.17) is 0 Å². The van der Waals surface area contributed by atoms with Crippen LogP contribution in [0.5, 0.6) is 0 Å². The van der Waals surface area contributed by atoms with Crippen LogP contribution in [0.25, 0.3) is 0 Å². The Kier molecular flexibility index (Phi) is 4.67. The molecule has 0 radical (unpaired) electrons. The number of hydrogen-bond acceptors (Lipinski definition) is 0. The molecular formula is C20H26Al+. The number of hydrogen-bond donors (Lipinski definition) is 0. The molecule has 21 heavy (non-hydrogen) atoms. The summed E-state index contributed by atoms with van der Waals surface area (Å²) >= 11 is 0.191. The Morgan fingerprint density at radius 3 is 1.05 bits per heavy atom. The number of rotatable bonds is 2. The van der Waals surface area contributed by atoms with Gasteiger partial charge in [-0.15, -0.1) is 0 Å². The first-order valence-electron chi connectivity index (χ1n) is 7.72. The fraction of sp³-hybridized carbons (Fsp3) is 0.400. The summed E-state index contributed by atoms with van der Waals surface area (Å²) in [7, 11) is 0. The molecule has 108 valence electrons. The van der Waals surface area contributed by atoms with E-state index in [9.17, 15) is 0 Å². The molecule has 0 aliphatic rings. The average Bonchev–Trinajstić information content (AvgIpc) is 2.38. The van der Waals surface area contributed by atoms with Crippen LogP contribution >= 0.6 is 0 Å². The van der Waals surface area contributed by atoms with Gasteiger partial charge in [-0.25, -0.2) is 0 Å². The second-order valence-electron chi connectivity index (χ2n) is 7.89. The Bertz CT molecular complexity index is 522. The van der Waals surface area contributed by atoms with Crippen LogP contribution in [0.15, 0.2) is 48.5 Å². The molecule has 0 saturated heterocycles. The van der Waals surface area contributed by atoms with Gasteiger partial charge >= 0.3 is 136 Å². The first kappa shape index (κ1) is 16.3. The van der Waals surface area contributed by atoms with Crippen molar-refractivity contribution in [2.45, 2.75) is 52.4 Å². The van der Waals surface area contributed by atoms with Crippen LogP contribution in [0.3, 0.4) is 0 Å². The summed E-state index contributed by atoms with van der Waals surface area (Å²) in [4.78, 5) is 0. The Labute approximate surface area is 136 Å². The van der Waals surface area contributed by atoms with Gasteiger partial charge in [0.2, 0.25) is 0 Å². The van der Waals surface area contributed by atoms with Crippen LogP contribution in [0.2, 0.25) is 0 Å². The summed E-state index contributed by atoms with van der Waals surface area (Å²) in [6.07, 6.45) is 0. The van der Waals surface area contributed by atoms with Gasteiger partial charge in [-0.2, -0.15) is 0 Å². The summed E-state index contributed by atoms with van der Waals surface area (Å²) < 4.78 is 2.93. The van der Waals surface area contributed by atoms with E-state index >= 15 is 0 Å². The third-order valence-corrected chi connectivity index (χ3v) is 5.32. The molecule has 0 saturated carbocycles. The van der Waals surface area contributed by atoms with Crippen LogP contribution in [0.4, 0.5) is 0 Å². The molecule has 2 rings (SSSR count). The SMILES string of the molecule is CC(C)(C)c1cc[c]([Al+][c]2ccc(C(C)(C)C)cc2)cc1. The molecule has 0 aliphatic carbocycles. The van der Waals surface area contributed by atoms with Crippen molar-refractivity contribution in [3.63, 3.8) is 0 Å². The van der Waals surface area contributed by atoms with Crippen molar-refractivity contribution in [2.75, 3.05) is 0 Å². The fourth-order valence-electron chi connectivity index (χ4n) is 2.35. The van der Waals surface area contributed by atoms with E-state index in [1.807, 2.05) is 0 Å². The van der Waals surface area contributed by atoms with Gasteiger partial charge in [0, 0.05) is 0 Å². The van der Waals surface area contributed by atoms with Crippen molar-refractivity contribution >= 4 is 24.1 Å². The van der Waals surface area contributed by atoms with Crippen molar-refractivity contribution in [2.24, 2.45) is 0 Å². The fourth-order valence-corrected chi connectivity index (χ4v) is 3.51. The Morgan fingerprint density at radius 2 is 0.810 bits per heavy atom. The summed E-state index contributed by atoms with van der Waals surface area (Å²) in [5.74, 6) is 0. The van der Waals surface area contributed by atoms with Gasteiger partial charge in [0.25, 0.3) is 0 Å². The van der Waals surface area contributed by atoms with Gasteiger partial charge in [-0.1, -0.05) is 0 Å². The molecular weight excluding hydrogens is 267 g/mol.